The number of anilines is 1. The van der Waals surface area contributed by atoms with Gasteiger partial charge in [-0.1, -0.05) is 11.3 Å². The molecule has 1 atom stereocenters. The second-order valence-electron chi connectivity index (χ2n) is 4.01. The van der Waals surface area contributed by atoms with Crippen LogP contribution in [0.4, 0.5) is 5.13 Å². The van der Waals surface area contributed by atoms with Crippen LogP contribution in [-0.4, -0.2) is 22.2 Å². The van der Waals surface area contributed by atoms with Gasteiger partial charge in [-0.3, -0.25) is 10.1 Å². The van der Waals surface area contributed by atoms with Gasteiger partial charge < -0.3 is 4.74 Å². The molecule has 0 radical (unpaired) electrons. The normalized spacial score (nSPS) is 11.4. The van der Waals surface area contributed by atoms with Crippen LogP contribution in [0.2, 0.25) is 0 Å². The first-order chi connectivity index (χ1) is 9.58. The van der Waals surface area contributed by atoms with E-state index in [1.165, 1.54) is 11.3 Å². The van der Waals surface area contributed by atoms with E-state index in [0.717, 1.165) is 5.01 Å². The first kappa shape index (κ1) is 14.0. The summed E-state index contributed by atoms with van der Waals surface area (Å²) in [6.45, 7) is 3.45. The van der Waals surface area contributed by atoms with Gasteiger partial charge in [0.25, 0.3) is 5.91 Å². The lowest BCUT2D eigenvalue weighted by atomic mass is 10.2. The lowest BCUT2D eigenvalue weighted by molar-refractivity contribution is -0.122. The predicted octanol–water partition coefficient (Wildman–Crippen LogP) is 2.12. The fourth-order valence-corrected chi connectivity index (χ4v) is 2.01. The molecule has 0 aliphatic carbocycles. The Morgan fingerprint density at radius 2 is 2.10 bits per heavy atom. The Kier molecular flexibility index (Phi) is 4.27. The van der Waals surface area contributed by atoms with Gasteiger partial charge in [-0.05, 0) is 38.1 Å². The van der Waals surface area contributed by atoms with Crippen molar-refractivity contribution in [1.82, 2.24) is 10.2 Å². The predicted molar refractivity (Wildman–Crippen MR) is 74.5 cm³/mol. The average molecular weight is 288 g/mol. The highest BCUT2D eigenvalue weighted by Gasteiger charge is 2.16. The third-order valence-corrected chi connectivity index (χ3v) is 3.18. The van der Waals surface area contributed by atoms with E-state index in [4.69, 9.17) is 10.00 Å². The summed E-state index contributed by atoms with van der Waals surface area (Å²) in [6.07, 6.45) is -0.674. The topological polar surface area (TPSA) is 87.9 Å². The zero-order chi connectivity index (χ0) is 14.5. The smallest absolute Gasteiger partial charge is 0.266 e. The van der Waals surface area contributed by atoms with E-state index in [0.29, 0.717) is 16.4 Å². The summed E-state index contributed by atoms with van der Waals surface area (Å²) in [4.78, 5) is 11.9. The van der Waals surface area contributed by atoms with Crippen LogP contribution in [-0.2, 0) is 4.79 Å². The van der Waals surface area contributed by atoms with Gasteiger partial charge >= 0.3 is 0 Å². The quantitative estimate of drug-likeness (QED) is 0.931. The highest BCUT2D eigenvalue weighted by Crippen LogP contribution is 2.16. The number of carbonyl (C=O) groups is 1. The third kappa shape index (κ3) is 3.52. The van der Waals surface area contributed by atoms with Crippen LogP contribution in [0.15, 0.2) is 24.3 Å². The van der Waals surface area contributed by atoms with Crippen LogP contribution in [0.1, 0.15) is 17.5 Å². The number of nitriles is 1. The van der Waals surface area contributed by atoms with Gasteiger partial charge in [-0.25, -0.2) is 0 Å². The van der Waals surface area contributed by atoms with Crippen molar-refractivity contribution in [2.24, 2.45) is 0 Å². The van der Waals surface area contributed by atoms with Gasteiger partial charge in [0.05, 0.1) is 11.6 Å². The Balaban J connectivity index is 1.95. The number of hydrogen-bond acceptors (Lipinski definition) is 6. The van der Waals surface area contributed by atoms with Gasteiger partial charge in [-0.2, -0.15) is 5.26 Å². The zero-order valence-corrected chi connectivity index (χ0v) is 11.8. The molecule has 1 N–H and O–H groups in total. The van der Waals surface area contributed by atoms with E-state index < -0.39 is 6.10 Å². The molecule has 0 aliphatic rings. The van der Waals surface area contributed by atoms with Crippen molar-refractivity contribution in [3.8, 4) is 11.8 Å². The highest BCUT2D eigenvalue weighted by molar-refractivity contribution is 7.15. The van der Waals surface area contributed by atoms with Crippen molar-refractivity contribution in [2.75, 3.05) is 5.32 Å². The van der Waals surface area contributed by atoms with Gasteiger partial charge in [0.2, 0.25) is 5.13 Å². The van der Waals surface area contributed by atoms with Gasteiger partial charge in [0, 0.05) is 0 Å². The standard InChI is InChI=1S/C13H12N4O2S/c1-8(12(18)15-13-17-16-9(2)20-13)19-11-5-3-10(7-14)4-6-11/h3-6,8H,1-2H3,(H,15,17,18)/t8-/m1/s1. The van der Waals surface area contributed by atoms with Crippen molar-refractivity contribution in [3.05, 3.63) is 34.8 Å². The van der Waals surface area contributed by atoms with E-state index >= 15 is 0 Å². The molecule has 1 heterocycles. The van der Waals surface area contributed by atoms with Crippen LogP contribution < -0.4 is 10.1 Å². The average Bonchev–Trinajstić information content (AvgIpc) is 2.85. The molecule has 2 aromatic rings. The Bertz CT molecular complexity index is 645. The SMILES string of the molecule is Cc1nnc(NC(=O)[C@@H](C)Oc2ccc(C#N)cc2)s1. The van der Waals surface area contributed by atoms with Crippen LogP contribution in [0, 0.1) is 18.3 Å². The molecule has 6 nitrogen and oxygen atoms in total. The van der Waals surface area contributed by atoms with Crippen molar-refractivity contribution in [3.63, 3.8) is 0 Å². The molecule has 1 aromatic carbocycles. The molecule has 0 fully saturated rings. The van der Waals surface area contributed by atoms with Crippen LogP contribution in [0.3, 0.4) is 0 Å². The minimum Gasteiger partial charge on any atom is -0.481 e. The molecule has 0 unspecified atom stereocenters. The van der Waals surface area contributed by atoms with E-state index in [1.807, 2.05) is 13.0 Å². The number of aryl methyl sites for hydroxylation is 1. The number of nitrogens with one attached hydrogen (secondary N) is 1. The van der Waals surface area contributed by atoms with Crippen molar-refractivity contribution < 1.29 is 9.53 Å². The number of rotatable bonds is 4. The minimum absolute atomic E-state index is 0.300. The number of amides is 1. The number of benzene rings is 1. The van der Waals surface area contributed by atoms with Crippen molar-refractivity contribution >= 4 is 22.4 Å². The Hall–Kier alpha value is -2.46. The maximum atomic E-state index is 11.9. The Morgan fingerprint density at radius 1 is 1.40 bits per heavy atom. The molecule has 1 aromatic heterocycles. The summed E-state index contributed by atoms with van der Waals surface area (Å²) < 4.78 is 5.49. The number of nitrogens with zero attached hydrogens (tertiary/aromatic N) is 3. The second kappa shape index (κ2) is 6.12. The van der Waals surface area contributed by atoms with Crippen LogP contribution >= 0.6 is 11.3 Å². The molecule has 20 heavy (non-hydrogen) atoms. The first-order valence-electron chi connectivity index (χ1n) is 5.86. The number of carbonyl (C=O) groups excluding carboxylic acids is 1. The van der Waals surface area contributed by atoms with Crippen LogP contribution in [0.25, 0.3) is 0 Å². The fourth-order valence-electron chi connectivity index (χ4n) is 1.42. The summed E-state index contributed by atoms with van der Waals surface area (Å²) >= 11 is 1.30. The van der Waals surface area contributed by atoms with E-state index in [9.17, 15) is 4.79 Å². The van der Waals surface area contributed by atoms with Gasteiger partial charge in [-0.15, -0.1) is 10.2 Å². The van der Waals surface area contributed by atoms with Crippen LogP contribution in [0.5, 0.6) is 5.75 Å². The lowest BCUT2D eigenvalue weighted by Gasteiger charge is -2.13. The monoisotopic (exact) mass is 288 g/mol. The van der Waals surface area contributed by atoms with Gasteiger partial charge in [0.1, 0.15) is 10.8 Å². The minimum atomic E-state index is -0.674. The van der Waals surface area contributed by atoms with E-state index in [2.05, 4.69) is 15.5 Å². The fraction of sp³-hybridized carbons (Fsp3) is 0.231. The molecule has 2 rings (SSSR count). The molecule has 7 heteroatoms. The molecule has 102 valence electrons. The molecule has 0 saturated carbocycles. The summed E-state index contributed by atoms with van der Waals surface area (Å²) in [5, 5.41) is 20.2. The second-order valence-corrected chi connectivity index (χ2v) is 5.19. The molecule has 0 spiro atoms. The van der Waals surface area contributed by atoms with E-state index in [1.54, 1.807) is 31.2 Å². The summed E-state index contributed by atoms with van der Waals surface area (Å²) in [5.41, 5.74) is 0.541. The van der Waals surface area contributed by atoms with Gasteiger partial charge in [0.15, 0.2) is 6.10 Å². The molecule has 0 aliphatic heterocycles. The maximum Gasteiger partial charge on any atom is 0.266 e. The maximum absolute atomic E-state index is 11.9. The zero-order valence-electron chi connectivity index (χ0n) is 11.0. The third-order valence-electron chi connectivity index (χ3n) is 2.42. The molecular formula is C13H12N4O2S. The summed E-state index contributed by atoms with van der Waals surface area (Å²) in [7, 11) is 0. The Labute approximate surface area is 120 Å². The molecule has 0 bridgehead atoms. The summed E-state index contributed by atoms with van der Waals surface area (Å²) in [6, 6.07) is 8.58. The Morgan fingerprint density at radius 3 is 2.65 bits per heavy atom. The van der Waals surface area contributed by atoms with Crippen molar-refractivity contribution in [2.45, 2.75) is 20.0 Å². The number of hydrogen-bond donors (Lipinski definition) is 1. The first-order valence-corrected chi connectivity index (χ1v) is 6.68. The highest BCUT2D eigenvalue weighted by atomic mass is 32.1. The molecule has 0 saturated heterocycles. The summed E-state index contributed by atoms with van der Waals surface area (Å²) in [5.74, 6) is 0.227. The van der Waals surface area contributed by atoms with E-state index in [-0.39, 0.29) is 5.91 Å². The lowest BCUT2D eigenvalue weighted by Crippen LogP contribution is -2.30. The number of ether oxygens (including phenoxy) is 1. The van der Waals surface area contributed by atoms with Crippen molar-refractivity contribution in [1.29, 1.82) is 5.26 Å². The molecule has 1 amide bonds. The number of aromatic nitrogens is 2. The molecular weight excluding hydrogens is 276 g/mol. The largest absolute Gasteiger partial charge is 0.481 e.